The van der Waals surface area contributed by atoms with Gasteiger partial charge in [-0.05, 0) is 49.9 Å². The molecule has 1 heterocycles. The first-order valence-corrected chi connectivity index (χ1v) is 10.1. The largest absolute Gasteiger partial charge is 0.345 e. The van der Waals surface area contributed by atoms with Gasteiger partial charge >= 0.3 is 0 Å². The van der Waals surface area contributed by atoms with Gasteiger partial charge in [-0.2, -0.15) is 0 Å². The van der Waals surface area contributed by atoms with E-state index in [2.05, 4.69) is 54.1 Å². The van der Waals surface area contributed by atoms with E-state index in [-0.39, 0.29) is 5.91 Å². The molecule has 140 valence electrons. The van der Waals surface area contributed by atoms with Crippen LogP contribution in [0.15, 0.2) is 42.6 Å². The molecule has 0 aliphatic heterocycles. The number of nitrogens with zero attached hydrogens (tertiary/aromatic N) is 2. The molecule has 1 fully saturated rings. The number of amides is 1. The third-order valence-electron chi connectivity index (χ3n) is 5.50. The van der Waals surface area contributed by atoms with E-state index < -0.39 is 5.38 Å². The van der Waals surface area contributed by atoms with Gasteiger partial charge in [-0.15, -0.1) is 11.6 Å². The third-order valence-corrected chi connectivity index (χ3v) is 5.68. The zero-order valence-electron chi connectivity index (χ0n) is 15.8. The summed E-state index contributed by atoms with van der Waals surface area (Å²) >= 11 is 6.17. The molecular formula is C22H29ClN2O. The number of benzene rings is 1. The Morgan fingerprint density at radius 1 is 1.19 bits per heavy atom. The molecule has 2 aromatic rings. The Labute approximate surface area is 162 Å². The second kappa shape index (κ2) is 8.77. The molecule has 1 saturated carbocycles. The van der Waals surface area contributed by atoms with Crippen molar-refractivity contribution in [3.05, 3.63) is 59.4 Å². The molecule has 3 nitrogen and oxygen atoms in total. The minimum absolute atomic E-state index is 0.0576. The molecule has 1 atom stereocenters. The number of aryl methyl sites for hydroxylation is 1. The molecule has 1 aromatic carbocycles. The molecule has 3 rings (SSSR count). The summed E-state index contributed by atoms with van der Waals surface area (Å²) in [6.07, 6.45) is 7.97. The molecule has 0 radical (unpaired) electrons. The van der Waals surface area contributed by atoms with Crippen LogP contribution in [0.3, 0.4) is 0 Å². The van der Waals surface area contributed by atoms with Crippen LogP contribution in [0.4, 0.5) is 0 Å². The minimum Gasteiger partial charge on any atom is -0.345 e. The van der Waals surface area contributed by atoms with E-state index in [0.717, 1.165) is 19.4 Å². The van der Waals surface area contributed by atoms with Crippen molar-refractivity contribution in [1.82, 2.24) is 9.47 Å². The van der Waals surface area contributed by atoms with Crippen LogP contribution in [-0.4, -0.2) is 26.8 Å². The first kappa shape index (κ1) is 19.0. The van der Waals surface area contributed by atoms with Crippen LogP contribution in [-0.2, 0) is 17.9 Å². The zero-order chi connectivity index (χ0) is 18.5. The standard InChI is InChI=1S/C22H29ClN2O/c1-17-9-6-7-10-19(17)15-24-14-8-13-21(24)16-25(22(26)18(2)23)20-11-4-3-5-12-20/h6-10,13-14,18,20H,3-5,11-12,15-16H2,1-2H3. The smallest absolute Gasteiger partial charge is 0.240 e. The Bertz CT molecular complexity index is 731. The van der Waals surface area contributed by atoms with Crippen LogP contribution in [0.25, 0.3) is 0 Å². The summed E-state index contributed by atoms with van der Waals surface area (Å²) in [5.74, 6) is 0.0576. The van der Waals surface area contributed by atoms with E-state index >= 15 is 0 Å². The number of hydrogen-bond donors (Lipinski definition) is 0. The molecule has 0 saturated heterocycles. The van der Waals surface area contributed by atoms with Crippen LogP contribution in [0, 0.1) is 6.92 Å². The van der Waals surface area contributed by atoms with Crippen molar-refractivity contribution >= 4 is 17.5 Å². The fourth-order valence-corrected chi connectivity index (χ4v) is 4.03. The quantitative estimate of drug-likeness (QED) is 0.645. The monoisotopic (exact) mass is 372 g/mol. The van der Waals surface area contributed by atoms with E-state index in [9.17, 15) is 4.79 Å². The molecule has 0 bridgehead atoms. The molecule has 1 unspecified atom stereocenters. The van der Waals surface area contributed by atoms with Gasteiger partial charge in [-0.1, -0.05) is 43.5 Å². The average Bonchev–Trinajstić information content (AvgIpc) is 3.08. The van der Waals surface area contributed by atoms with Crippen LogP contribution in [0.5, 0.6) is 0 Å². The highest BCUT2D eigenvalue weighted by molar-refractivity contribution is 6.30. The van der Waals surface area contributed by atoms with Crippen molar-refractivity contribution in [2.75, 3.05) is 0 Å². The molecule has 0 N–H and O–H groups in total. The number of aromatic nitrogens is 1. The van der Waals surface area contributed by atoms with Crippen molar-refractivity contribution in [1.29, 1.82) is 0 Å². The Hall–Kier alpha value is -1.74. The van der Waals surface area contributed by atoms with Crippen LogP contribution in [0.2, 0.25) is 0 Å². The summed E-state index contributed by atoms with van der Waals surface area (Å²) in [6, 6.07) is 13.0. The lowest BCUT2D eigenvalue weighted by molar-refractivity contribution is -0.134. The van der Waals surface area contributed by atoms with Crippen molar-refractivity contribution < 1.29 is 4.79 Å². The molecule has 1 aliphatic carbocycles. The topological polar surface area (TPSA) is 25.2 Å². The maximum atomic E-state index is 12.8. The Kier molecular flexibility index (Phi) is 6.42. The SMILES string of the molecule is Cc1ccccc1Cn1cccc1CN(C(=O)C(C)Cl)C1CCCCC1. The molecule has 0 spiro atoms. The normalized spacial score (nSPS) is 16.4. The molecular weight excluding hydrogens is 344 g/mol. The number of rotatable bonds is 6. The maximum absolute atomic E-state index is 12.8. The van der Waals surface area contributed by atoms with E-state index in [1.807, 2.05) is 4.90 Å². The molecule has 1 amide bonds. The van der Waals surface area contributed by atoms with Gasteiger partial charge in [0.25, 0.3) is 0 Å². The van der Waals surface area contributed by atoms with Gasteiger partial charge in [-0.3, -0.25) is 4.79 Å². The Morgan fingerprint density at radius 2 is 1.92 bits per heavy atom. The van der Waals surface area contributed by atoms with Crippen molar-refractivity contribution in [3.63, 3.8) is 0 Å². The Morgan fingerprint density at radius 3 is 2.62 bits per heavy atom. The predicted octanol–water partition coefficient (Wildman–Crippen LogP) is 5.13. The van der Waals surface area contributed by atoms with Crippen molar-refractivity contribution in [3.8, 4) is 0 Å². The van der Waals surface area contributed by atoms with E-state index in [0.29, 0.717) is 12.6 Å². The second-order valence-corrected chi connectivity index (χ2v) is 8.08. The first-order chi connectivity index (χ1) is 12.6. The highest BCUT2D eigenvalue weighted by Gasteiger charge is 2.28. The highest BCUT2D eigenvalue weighted by Crippen LogP contribution is 2.26. The average molecular weight is 373 g/mol. The van der Waals surface area contributed by atoms with Gasteiger partial charge in [-0.25, -0.2) is 0 Å². The molecule has 1 aliphatic rings. The minimum atomic E-state index is -0.475. The highest BCUT2D eigenvalue weighted by atomic mass is 35.5. The number of carbonyl (C=O) groups excluding carboxylic acids is 1. The van der Waals surface area contributed by atoms with E-state index in [1.54, 1.807) is 6.92 Å². The zero-order valence-corrected chi connectivity index (χ0v) is 16.6. The summed E-state index contributed by atoms with van der Waals surface area (Å²) in [5.41, 5.74) is 3.78. The maximum Gasteiger partial charge on any atom is 0.240 e. The van der Waals surface area contributed by atoms with Gasteiger partial charge < -0.3 is 9.47 Å². The molecule has 26 heavy (non-hydrogen) atoms. The summed E-state index contributed by atoms with van der Waals surface area (Å²) in [6.45, 7) is 5.40. The number of carbonyl (C=O) groups is 1. The number of hydrogen-bond acceptors (Lipinski definition) is 1. The van der Waals surface area contributed by atoms with Crippen molar-refractivity contribution in [2.24, 2.45) is 0 Å². The Balaban J connectivity index is 1.80. The van der Waals surface area contributed by atoms with Crippen molar-refractivity contribution in [2.45, 2.75) is 70.5 Å². The lowest BCUT2D eigenvalue weighted by Crippen LogP contribution is -2.44. The predicted molar refractivity (Wildman–Crippen MR) is 107 cm³/mol. The summed E-state index contributed by atoms with van der Waals surface area (Å²) in [4.78, 5) is 14.8. The van der Waals surface area contributed by atoms with Gasteiger partial charge in [0.15, 0.2) is 0 Å². The fraction of sp³-hybridized carbons (Fsp3) is 0.500. The first-order valence-electron chi connectivity index (χ1n) is 9.69. The summed E-state index contributed by atoms with van der Waals surface area (Å²) < 4.78 is 2.25. The van der Waals surface area contributed by atoms with Crippen LogP contribution >= 0.6 is 11.6 Å². The molecule has 1 aromatic heterocycles. The van der Waals surface area contributed by atoms with E-state index in [1.165, 1.54) is 36.1 Å². The van der Waals surface area contributed by atoms with Gasteiger partial charge in [0.2, 0.25) is 5.91 Å². The third kappa shape index (κ3) is 4.50. The van der Waals surface area contributed by atoms with Gasteiger partial charge in [0.1, 0.15) is 5.38 Å². The number of halogens is 1. The van der Waals surface area contributed by atoms with E-state index in [4.69, 9.17) is 11.6 Å². The summed E-state index contributed by atoms with van der Waals surface area (Å²) in [5, 5.41) is -0.475. The fourth-order valence-electron chi connectivity index (χ4n) is 3.90. The summed E-state index contributed by atoms with van der Waals surface area (Å²) in [7, 11) is 0. The van der Waals surface area contributed by atoms with Crippen LogP contribution in [0.1, 0.15) is 55.8 Å². The lowest BCUT2D eigenvalue weighted by Gasteiger charge is -2.35. The van der Waals surface area contributed by atoms with Gasteiger partial charge in [0.05, 0.1) is 6.54 Å². The molecule has 4 heteroatoms. The lowest BCUT2D eigenvalue weighted by atomic mass is 9.94. The van der Waals surface area contributed by atoms with Crippen LogP contribution < -0.4 is 0 Å². The number of alkyl halides is 1. The van der Waals surface area contributed by atoms with Gasteiger partial charge in [0, 0.05) is 24.5 Å². The second-order valence-electron chi connectivity index (χ2n) is 7.43.